The second-order valence-electron chi connectivity index (χ2n) is 13.8. The first-order valence-corrected chi connectivity index (χ1v) is 15.9. The lowest BCUT2D eigenvalue weighted by Crippen LogP contribution is -2.79. The second kappa shape index (κ2) is 10.2. The average Bonchev–Trinajstić information content (AvgIpc) is 3.41. The number of hydrogen-bond acceptors (Lipinski definition) is 9. The predicted octanol–water partition coefficient (Wildman–Crippen LogP) is 2.38. The van der Waals surface area contributed by atoms with Crippen LogP contribution in [-0.4, -0.2) is 111 Å². The van der Waals surface area contributed by atoms with Crippen LogP contribution in [-0.2, 0) is 23.7 Å². The third-order valence-electron chi connectivity index (χ3n) is 12.8. The van der Waals surface area contributed by atoms with Crippen molar-refractivity contribution >= 4 is 5.97 Å². The molecule has 42 heavy (non-hydrogen) atoms. The maximum Gasteiger partial charge on any atom is 0.338 e. The van der Waals surface area contributed by atoms with Crippen LogP contribution in [0.4, 0.5) is 0 Å². The Hall–Kier alpha value is -1.59. The summed E-state index contributed by atoms with van der Waals surface area (Å²) in [6, 6.07) is 9.03. The van der Waals surface area contributed by atoms with E-state index in [9.17, 15) is 15.0 Å². The number of aliphatic hydroxyl groups is 2. The number of piperidine rings is 1. The molecule has 7 bridgehead atoms. The van der Waals surface area contributed by atoms with Crippen LogP contribution in [0.2, 0.25) is 0 Å². The topological polar surface area (TPSA) is 107 Å². The van der Waals surface area contributed by atoms with Gasteiger partial charge in [0.25, 0.3) is 0 Å². The monoisotopic (exact) mass is 585 g/mol. The van der Waals surface area contributed by atoms with Crippen molar-refractivity contribution in [2.24, 2.45) is 40.4 Å². The number of methoxy groups -OCH3 is 3. The molecule has 1 heterocycles. The highest BCUT2D eigenvalue weighted by Crippen LogP contribution is 2.79. The second-order valence-corrected chi connectivity index (χ2v) is 13.8. The molecule has 1 unspecified atom stereocenters. The molecule has 9 nitrogen and oxygen atoms in total. The minimum atomic E-state index is -1.16. The molecule has 5 saturated carbocycles. The van der Waals surface area contributed by atoms with E-state index in [4.69, 9.17) is 23.7 Å². The molecule has 7 rings (SSSR count). The number of aliphatic hydroxyl groups excluding tert-OH is 2. The van der Waals surface area contributed by atoms with Crippen molar-refractivity contribution in [3.8, 4) is 0 Å². The molecule has 5 aliphatic carbocycles. The highest BCUT2D eigenvalue weighted by molar-refractivity contribution is 5.89. The third kappa shape index (κ3) is 3.31. The third-order valence-corrected chi connectivity index (χ3v) is 12.8. The van der Waals surface area contributed by atoms with Gasteiger partial charge in [0.2, 0.25) is 0 Å². The Kier molecular flexibility index (Phi) is 7.09. The van der Waals surface area contributed by atoms with Crippen LogP contribution >= 0.6 is 0 Å². The van der Waals surface area contributed by atoms with Crippen molar-refractivity contribution in [2.45, 2.75) is 75.3 Å². The number of benzene rings is 1. The van der Waals surface area contributed by atoms with E-state index < -0.39 is 41.3 Å². The van der Waals surface area contributed by atoms with Gasteiger partial charge in [-0.15, -0.1) is 0 Å². The van der Waals surface area contributed by atoms with Crippen molar-refractivity contribution in [1.29, 1.82) is 0 Å². The van der Waals surface area contributed by atoms with E-state index in [-0.39, 0.29) is 47.2 Å². The van der Waals surface area contributed by atoms with Crippen molar-refractivity contribution in [3.05, 3.63) is 35.9 Å². The van der Waals surface area contributed by atoms with Gasteiger partial charge >= 0.3 is 5.97 Å². The van der Waals surface area contributed by atoms with Crippen LogP contribution in [0.25, 0.3) is 0 Å². The summed E-state index contributed by atoms with van der Waals surface area (Å²) in [5, 5.41) is 25.1. The number of nitrogens with zero attached hydrogens (tertiary/aromatic N) is 1. The standard InChI is InChI=1S/C33H47NO8/c1-6-34-16-31(17-38-3)14-13-21(39-4)32-20-15-19-25(42-30(37)18-11-9-8-10-12-18)22(20)33(41-7-2,29(36)26(19)40-5)23(28(32)34)24(35)27(31)32/h8-12,19-29,35-36H,6-7,13-17H2,1-5H3/t19-,20+,21-,22+,23-,24-,25-,26+,27+,28?,29-,31-,32-,33+/m0/s1. The lowest BCUT2D eigenvalue weighted by molar-refractivity contribution is -0.311. The van der Waals surface area contributed by atoms with Crippen LogP contribution in [0, 0.1) is 40.4 Å². The number of fused-ring (bicyclic) bond motifs is 2. The molecule has 232 valence electrons. The van der Waals surface area contributed by atoms with E-state index in [1.807, 2.05) is 25.1 Å². The van der Waals surface area contributed by atoms with Gasteiger partial charge in [-0.2, -0.15) is 0 Å². The van der Waals surface area contributed by atoms with Crippen molar-refractivity contribution in [3.63, 3.8) is 0 Å². The van der Waals surface area contributed by atoms with Gasteiger partial charge in [0.05, 0.1) is 30.5 Å². The van der Waals surface area contributed by atoms with Crippen LogP contribution in [0.15, 0.2) is 30.3 Å². The van der Waals surface area contributed by atoms with E-state index >= 15 is 0 Å². The maximum atomic E-state index is 13.6. The largest absolute Gasteiger partial charge is 0.458 e. The normalized spacial score (nSPS) is 50.1. The zero-order chi connectivity index (χ0) is 29.6. The van der Waals surface area contributed by atoms with E-state index in [1.165, 1.54) is 0 Å². The lowest BCUT2D eigenvalue weighted by atomic mass is 9.43. The molecule has 1 aromatic rings. The summed E-state index contributed by atoms with van der Waals surface area (Å²) >= 11 is 0. The van der Waals surface area contributed by atoms with Gasteiger partial charge in [-0.25, -0.2) is 4.79 Å². The molecule has 0 radical (unpaired) electrons. The molecule has 6 fully saturated rings. The summed E-state index contributed by atoms with van der Waals surface area (Å²) in [6.07, 6.45) is -0.457. The zero-order valence-corrected chi connectivity index (χ0v) is 25.5. The molecule has 0 amide bonds. The molecule has 9 heteroatoms. The Balaban J connectivity index is 1.46. The number of carbonyl (C=O) groups excluding carboxylic acids is 1. The van der Waals surface area contributed by atoms with E-state index in [0.29, 0.717) is 25.2 Å². The molecule has 1 aliphatic heterocycles. The summed E-state index contributed by atoms with van der Waals surface area (Å²) in [5.41, 5.74) is -1.33. The Morgan fingerprint density at radius 1 is 1.05 bits per heavy atom. The molecule has 0 aromatic heterocycles. The molecular formula is C33H47NO8. The summed E-state index contributed by atoms with van der Waals surface area (Å²) < 4.78 is 31.8. The first kappa shape index (κ1) is 29.1. The van der Waals surface area contributed by atoms with Crippen LogP contribution in [0.1, 0.15) is 43.5 Å². The predicted molar refractivity (Wildman–Crippen MR) is 153 cm³/mol. The van der Waals surface area contributed by atoms with Crippen molar-refractivity contribution in [1.82, 2.24) is 4.90 Å². The highest BCUT2D eigenvalue weighted by Gasteiger charge is 2.88. The summed E-state index contributed by atoms with van der Waals surface area (Å²) in [5.74, 6) is -1.43. The Bertz CT molecular complexity index is 1180. The fourth-order valence-electron chi connectivity index (χ4n) is 12.2. The fraction of sp³-hybridized carbons (Fsp3) is 0.788. The van der Waals surface area contributed by atoms with Gasteiger partial charge in [-0.3, -0.25) is 4.90 Å². The number of esters is 1. The summed E-state index contributed by atoms with van der Waals surface area (Å²) in [4.78, 5) is 16.2. The van der Waals surface area contributed by atoms with Gasteiger partial charge in [0, 0.05) is 75.0 Å². The highest BCUT2D eigenvalue weighted by atomic mass is 16.6. The van der Waals surface area contributed by atoms with E-state index in [2.05, 4.69) is 11.8 Å². The first-order chi connectivity index (χ1) is 20.3. The average molecular weight is 586 g/mol. The fourth-order valence-corrected chi connectivity index (χ4v) is 12.2. The SMILES string of the molecule is CCO[C@]12[C@H]3[C@@H](OC(=O)c4ccccc4)[C@H](C[C@H]3[C@@]34C5[C@@H]1[C@H](O)[C@@H]3[C@@](COC)(CC[C@@H]4OC)CN5CC)[C@@H](OC)[C@@H]2O. The minimum Gasteiger partial charge on any atom is -0.458 e. The Morgan fingerprint density at radius 3 is 2.45 bits per heavy atom. The number of ether oxygens (including phenoxy) is 5. The molecule has 1 aromatic carbocycles. The minimum absolute atomic E-state index is 0.0170. The smallest absolute Gasteiger partial charge is 0.338 e. The molecule has 1 spiro atoms. The van der Waals surface area contributed by atoms with Crippen LogP contribution < -0.4 is 0 Å². The number of rotatable bonds is 9. The molecule has 6 aliphatic rings. The van der Waals surface area contributed by atoms with Crippen molar-refractivity contribution in [2.75, 3.05) is 47.6 Å². The Labute approximate surface area is 248 Å². The van der Waals surface area contributed by atoms with Crippen LogP contribution in [0.5, 0.6) is 0 Å². The van der Waals surface area contributed by atoms with Gasteiger partial charge in [-0.1, -0.05) is 25.1 Å². The molecule has 14 atom stereocenters. The number of hydrogen-bond donors (Lipinski definition) is 2. The molecule has 1 saturated heterocycles. The maximum absolute atomic E-state index is 13.6. The quantitative estimate of drug-likeness (QED) is 0.423. The van der Waals surface area contributed by atoms with E-state index in [0.717, 1.165) is 25.9 Å². The van der Waals surface area contributed by atoms with Gasteiger partial charge in [0.15, 0.2) is 0 Å². The summed E-state index contributed by atoms with van der Waals surface area (Å²) in [6.45, 7) is 6.69. The van der Waals surface area contributed by atoms with Crippen molar-refractivity contribution < 1.29 is 38.7 Å². The molecular weight excluding hydrogens is 538 g/mol. The first-order valence-electron chi connectivity index (χ1n) is 15.9. The Morgan fingerprint density at radius 2 is 1.81 bits per heavy atom. The zero-order valence-electron chi connectivity index (χ0n) is 25.5. The van der Waals surface area contributed by atoms with Gasteiger partial charge < -0.3 is 33.9 Å². The number of likely N-dealkylation sites (tertiary alicyclic amines) is 1. The lowest BCUT2D eigenvalue weighted by Gasteiger charge is -2.70. The molecule has 2 N–H and O–H groups in total. The van der Waals surface area contributed by atoms with Crippen LogP contribution in [0.3, 0.4) is 0 Å². The van der Waals surface area contributed by atoms with E-state index in [1.54, 1.807) is 33.5 Å². The van der Waals surface area contributed by atoms with Gasteiger partial charge in [-0.05, 0) is 50.8 Å². The van der Waals surface area contributed by atoms with Gasteiger partial charge in [0.1, 0.15) is 17.8 Å². The summed E-state index contributed by atoms with van der Waals surface area (Å²) in [7, 11) is 5.19. The number of carbonyl (C=O) groups is 1.